The third-order valence-corrected chi connectivity index (χ3v) is 2.53. The van der Waals surface area contributed by atoms with Gasteiger partial charge in [0.25, 0.3) is 0 Å². The van der Waals surface area contributed by atoms with Gasteiger partial charge in [-0.05, 0) is 36.9 Å². The molecule has 0 aliphatic heterocycles. The Balaban J connectivity index is 2.22. The molecule has 0 aliphatic carbocycles. The summed E-state index contributed by atoms with van der Waals surface area (Å²) in [5, 5.41) is 1.49. The number of hydrogen-bond acceptors (Lipinski definition) is 5. The molecule has 2 aromatic rings. The van der Waals surface area contributed by atoms with Crippen molar-refractivity contribution in [3.8, 4) is 0 Å². The molecule has 2 rings (SSSR count). The van der Waals surface area contributed by atoms with E-state index >= 15 is 0 Å². The van der Waals surface area contributed by atoms with Gasteiger partial charge in [-0.1, -0.05) is 6.07 Å². The van der Waals surface area contributed by atoms with Crippen LogP contribution in [0, 0.1) is 6.92 Å². The first kappa shape index (κ1) is 9.92. The van der Waals surface area contributed by atoms with Crippen LogP contribution in [0.25, 0.3) is 0 Å². The first-order chi connectivity index (χ1) is 7.24. The fourth-order valence-corrected chi connectivity index (χ4v) is 1.84. The summed E-state index contributed by atoms with van der Waals surface area (Å²) in [4.78, 5) is 12.6. The van der Waals surface area contributed by atoms with E-state index < -0.39 is 0 Å². The first-order valence-corrected chi connectivity index (χ1v) is 5.26. The molecule has 5 heteroatoms. The maximum atomic E-state index is 5.58. The lowest BCUT2D eigenvalue weighted by molar-refractivity contribution is 0.928. The SMILES string of the molecule is Cc1ccnc(Sc2cccc(N)n2)n1. The molecule has 0 bridgehead atoms. The zero-order valence-corrected chi connectivity index (χ0v) is 9.03. The normalized spacial score (nSPS) is 10.2. The standard InChI is InChI=1S/C10H10N4S/c1-7-5-6-12-10(13-7)15-9-4-2-3-8(11)14-9/h2-6H,1H3,(H2,11,14). The molecule has 2 N–H and O–H groups in total. The van der Waals surface area contributed by atoms with E-state index in [1.54, 1.807) is 12.3 Å². The Bertz CT molecular complexity index is 429. The van der Waals surface area contributed by atoms with Crippen molar-refractivity contribution in [2.45, 2.75) is 17.1 Å². The van der Waals surface area contributed by atoms with Gasteiger partial charge in [0.2, 0.25) is 0 Å². The molecule has 2 heterocycles. The van der Waals surface area contributed by atoms with Gasteiger partial charge in [-0.25, -0.2) is 15.0 Å². The van der Waals surface area contributed by atoms with Gasteiger partial charge in [0.1, 0.15) is 10.8 Å². The van der Waals surface area contributed by atoms with Crippen LogP contribution < -0.4 is 5.73 Å². The zero-order valence-electron chi connectivity index (χ0n) is 8.21. The van der Waals surface area contributed by atoms with Crippen LogP contribution in [0.4, 0.5) is 5.82 Å². The van der Waals surface area contributed by atoms with Gasteiger partial charge >= 0.3 is 0 Å². The average molecular weight is 218 g/mol. The molecular formula is C10H10N4S. The van der Waals surface area contributed by atoms with Gasteiger partial charge in [0.15, 0.2) is 5.16 Å². The molecule has 2 aromatic heterocycles. The summed E-state index contributed by atoms with van der Waals surface area (Å²) >= 11 is 1.40. The summed E-state index contributed by atoms with van der Waals surface area (Å²) in [6.45, 7) is 1.93. The number of aryl methyl sites for hydroxylation is 1. The van der Waals surface area contributed by atoms with E-state index in [4.69, 9.17) is 5.73 Å². The van der Waals surface area contributed by atoms with E-state index in [-0.39, 0.29) is 0 Å². The van der Waals surface area contributed by atoms with Crippen LogP contribution in [0.3, 0.4) is 0 Å². The molecule has 4 nitrogen and oxygen atoms in total. The lowest BCUT2D eigenvalue weighted by Crippen LogP contribution is -1.92. The minimum absolute atomic E-state index is 0.507. The number of anilines is 1. The highest BCUT2D eigenvalue weighted by atomic mass is 32.2. The Kier molecular flexibility index (Phi) is 2.82. The number of nitrogen functional groups attached to an aromatic ring is 1. The molecule has 0 unspecified atom stereocenters. The molecular weight excluding hydrogens is 208 g/mol. The summed E-state index contributed by atoms with van der Waals surface area (Å²) in [5.41, 5.74) is 6.52. The molecule has 0 fully saturated rings. The van der Waals surface area contributed by atoms with Crippen LogP contribution >= 0.6 is 11.8 Å². The van der Waals surface area contributed by atoms with Crippen LogP contribution in [-0.4, -0.2) is 15.0 Å². The fourth-order valence-electron chi connectivity index (χ4n) is 1.06. The first-order valence-electron chi connectivity index (χ1n) is 4.44. The van der Waals surface area contributed by atoms with E-state index in [2.05, 4.69) is 15.0 Å². The highest BCUT2D eigenvalue weighted by Gasteiger charge is 2.01. The van der Waals surface area contributed by atoms with Gasteiger partial charge in [-0.15, -0.1) is 0 Å². The van der Waals surface area contributed by atoms with E-state index in [1.165, 1.54) is 11.8 Å². The summed E-state index contributed by atoms with van der Waals surface area (Å²) < 4.78 is 0. The molecule has 0 spiro atoms. The molecule has 0 aromatic carbocycles. The van der Waals surface area contributed by atoms with Gasteiger partial charge in [0.05, 0.1) is 0 Å². The highest BCUT2D eigenvalue weighted by Crippen LogP contribution is 2.22. The lowest BCUT2D eigenvalue weighted by atomic mass is 10.5. The largest absolute Gasteiger partial charge is 0.384 e. The second-order valence-corrected chi connectivity index (χ2v) is 3.97. The summed E-state index contributed by atoms with van der Waals surface area (Å²) in [6, 6.07) is 7.35. The van der Waals surface area contributed by atoms with Gasteiger partial charge in [0, 0.05) is 11.9 Å². The second-order valence-electron chi connectivity index (χ2n) is 2.98. The van der Waals surface area contributed by atoms with Crippen molar-refractivity contribution in [3.63, 3.8) is 0 Å². The summed E-state index contributed by atoms with van der Waals surface area (Å²) in [7, 11) is 0. The zero-order chi connectivity index (χ0) is 10.7. The van der Waals surface area contributed by atoms with Crippen molar-refractivity contribution in [2.75, 3.05) is 5.73 Å². The van der Waals surface area contributed by atoms with Crippen LogP contribution in [-0.2, 0) is 0 Å². The highest BCUT2D eigenvalue weighted by molar-refractivity contribution is 7.99. The molecule has 0 amide bonds. The van der Waals surface area contributed by atoms with Gasteiger partial charge < -0.3 is 5.73 Å². The Labute approximate surface area is 92.0 Å². The Morgan fingerprint density at radius 1 is 1.20 bits per heavy atom. The van der Waals surface area contributed by atoms with Crippen LogP contribution in [0.2, 0.25) is 0 Å². The third kappa shape index (κ3) is 2.66. The van der Waals surface area contributed by atoms with Crippen LogP contribution in [0.15, 0.2) is 40.6 Å². The number of aromatic nitrogens is 3. The number of nitrogens with two attached hydrogens (primary N) is 1. The quantitative estimate of drug-likeness (QED) is 0.780. The number of hydrogen-bond donors (Lipinski definition) is 1. The molecule has 0 saturated heterocycles. The predicted molar refractivity (Wildman–Crippen MR) is 59.5 cm³/mol. The van der Waals surface area contributed by atoms with Gasteiger partial charge in [-0.3, -0.25) is 0 Å². The molecule has 76 valence electrons. The monoisotopic (exact) mass is 218 g/mol. The average Bonchev–Trinajstić information content (AvgIpc) is 2.17. The minimum atomic E-state index is 0.507. The predicted octanol–water partition coefficient (Wildman–Crippen LogP) is 1.91. The molecule has 0 aliphatic rings. The van der Waals surface area contributed by atoms with Crippen LogP contribution in [0.1, 0.15) is 5.69 Å². The number of nitrogens with zero attached hydrogens (tertiary/aromatic N) is 3. The van der Waals surface area contributed by atoms with Crippen LogP contribution in [0.5, 0.6) is 0 Å². The van der Waals surface area contributed by atoms with Crippen molar-refractivity contribution in [3.05, 3.63) is 36.2 Å². The topological polar surface area (TPSA) is 64.7 Å². The lowest BCUT2D eigenvalue weighted by Gasteiger charge is -2.00. The maximum absolute atomic E-state index is 5.58. The Morgan fingerprint density at radius 3 is 2.80 bits per heavy atom. The number of pyridine rings is 1. The molecule has 0 atom stereocenters. The minimum Gasteiger partial charge on any atom is -0.384 e. The second kappa shape index (κ2) is 4.27. The van der Waals surface area contributed by atoms with Crippen molar-refractivity contribution >= 4 is 17.6 Å². The van der Waals surface area contributed by atoms with E-state index in [0.29, 0.717) is 11.0 Å². The maximum Gasteiger partial charge on any atom is 0.194 e. The van der Waals surface area contributed by atoms with Crippen molar-refractivity contribution in [2.24, 2.45) is 0 Å². The van der Waals surface area contributed by atoms with E-state index in [0.717, 1.165) is 10.7 Å². The van der Waals surface area contributed by atoms with Crippen molar-refractivity contribution in [1.82, 2.24) is 15.0 Å². The smallest absolute Gasteiger partial charge is 0.194 e. The summed E-state index contributed by atoms with van der Waals surface area (Å²) in [5.74, 6) is 0.507. The molecule has 15 heavy (non-hydrogen) atoms. The van der Waals surface area contributed by atoms with Gasteiger partial charge in [-0.2, -0.15) is 0 Å². The molecule has 0 radical (unpaired) electrons. The molecule has 0 saturated carbocycles. The van der Waals surface area contributed by atoms with E-state index in [9.17, 15) is 0 Å². The Hall–Kier alpha value is -1.62. The third-order valence-electron chi connectivity index (χ3n) is 1.71. The number of rotatable bonds is 2. The summed E-state index contributed by atoms with van der Waals surface area (Å²) in [6.07, 6.45) is 1.73. The van der Waals surface area contributed by atoms with Crippen molar-refractivity contribution in [1.29, 1.82) is 0 Å². The van der Waals surface area contributed by atoms with Crippen molar-refractivity contribution < 1.29 is 0 Å². The van der Waals surface area contributed by atoms with E-state index in [1.807, 2.05) is 25.1 Å². The Morgan fingerprint density at radius 2 is 2.07 bits per heavy atom. The fraction of sp³-hybridized carbons (Fsp3) is 0.100.